The molecule has 0 aliphatic carbocycles. The van der Waals surface area contributed by atoms with Crippen molar-refractivity contribution >= 4 is 9.84 Å². The molecule has 0 aliphatic rings. The first-order valence-electron chi connectivity index (χ1n) is 6.37. The summed E-state index contributed by atoms with van der Waals surface area (Å²) >= 11 is 0. The standard InChI is InChI=1S/C14H13F3N2O2S/c1-3-9-4-6-10(7-5-9)11-8-12(14(15,16)17)19-13(18-11)22(2,20)21/h4-8H,3H2,1-2H3. The third-order valence-corrected chi connectivity index (χ3v) is 3.83. The van der Waals surface area contributed by atoms with E-state index in [1.807, 2.05) is 6.92 Å². The molecular formula is C14H13F3N2O2S. The van der Waals surface area contributed by atoms with Gasteiger partial charge < -0.3 is 0 Å². The van der Waals surface area contributed by atoms with Gasteiger partial charge in [-0.1, -0.05) is 31.2 Å². The largest absolute Gasteiger partial charge is 0.433 e. The highest BCUT2D eigenvalue weighted by Gasteiger charge is 2.34. The number of alkyl halides is 3. The van der Waals surface area contributed by atoms with Crippen LogP contribution in [0.25, 0.3) is 11.3 Å². The summed E-state index contributed by atoms with van der Waals surface area (Å²) in [6.45, 7) is 1.95. The lowest BCUT2D eigenvalue weighted by Crippen LogP contribution is -2.14. The molecule has 0 fully saturated rings. The van der Waals surface area contributed by atoms with Gasteiger partial charge in [-0.15, -0.1) is 0 Å². The first-order chi connectivity index (χ1) is 10.1. The minimum absolute atomic E-state index is 0.0783. The van der Waals surface area contributed by atoms with Crippen LogP contribution >= 0.6 is 0 Å². The van der Waals surface area contributed by atoms with E-state index in [2.05, 4.69) is 9.97 Å². The van der Waals surface area contributed by atoms with E-state index < -0.39 is 26.9 Å². The van der Waals surface area contributed by atoms with Gasteiger partial charge in [-0.05, 0) is 18.1 Å². The maximum Gasteiger partial charge on any atom is 0.433 e. The second-order valence-corrected chi connectivity index (χ2v) is 6.65. The highest BCUT2D eigenvalue weighted by atomic mass is 32.2. The maximum atomic E-state index is 12.9. The van der Waals surface area contributed by atoms with Gasteiger partial charge >= 0.3 is 6.18 Å². The molecule has 2 rings (SSSR count). The van der Waals surface area contributed by atoms with Crippen molar-refractivity contribution in [3.63, 3.8) is 0 Å². The van der Waals surface area contributed by atoms with Crippen molar-refractivity contribution in [2.24, 2.45) is 0 Å². The van der Waals surface area contributed by atoms with Crippen LogP contribution in [0.5, 0.6) is 0 Å². The summed E-state index contributed by atoms with van der Waals surface area (Å²) in [5, 5.41) is -0.836. The summed E-state index contributed by atoms with van der Waals surface area (Å²) in [6, 6.07) is 7.46. The van der Waals surface area contributed by atoms with E-state index in [1.54, 1.807) is 24.3 Å². The Kier molecular flexibility index (Phi) is 4.23. The molecule has 0 saturated carbocycles. The molecule has 0 aliphatic heterocycles. The summed E-state index contributed by atoms with van der Waals surface area (Å²) in [5.74, 6) is 0. The predicted octanol–water partition coefficient (Wildman–Crippen LogP) is 3.13. The van der Waals surface area contributed by atoms with Gasteiger partial charge in [0.2, 0.25) is 15.0 Å². The lowest BCUT2D eigenvalue weighted by Gasteiger charge is -2.10. The third-order valence-electron chi connectivity index (χ3n) is 2.99. The van der Waals surface area contributed by atoms with E-state index in [4.69, 9.17) is 0 Å². The van der Waals surface area contributed by atoms with Crippen molar-refractivity contribution in [2.75, 3.05) is 6.26 Å². The summed E-state index contributed by atoms with van der Waals surface area (Å²) in [6.07, 6.45) is -3.20. The van der Waals surface area contributed by atoms with Crippen LogP contribution in [0.2, 0.25) is 0 Å². The van der Waals surface area contributed by atoms with Gasteiger partial charge in [0.15, 0.2) is 0 Å². The molecule has 0 saturated heterocycles. The molecule has 0 atom stereocenters. The summed E-state index contributed by atoms with van der Waals surface area (Å²) in [4.78, 5) is 6.86. The summed E-state index contributed by atoms with van der Waals surface area (Å²) < 4.78 is 61.7. The SMILES string of the molecule is CCc1ccc(-c2cc(C(F)(F)F)nc(S(C)(=O)=O)n2)cc1. The quantitative estimate of drug-likeness (QED) is 0.811. The van der Waals surface area contributed by atoms with Crippen molar-refractivity contribution in [1.82, 2.24) is 9.97 Å². The molecule has 8 heteroatoms. The lowest BCUT2D eigenvalue weighted by atomic mass is 10.1. The first kappa shape index (κ1) is 16.4. The van der Waals surface area contributed by atoms with Gasteiger partial charge in [0.1, 0.15) is 5.69 Å². The summed E-state index contributed by atoms with van der Waals surface area (Å²) in [5.41, 5.74) is 0.0510. The van der Waals surface area contributed by atoms with Crippen LogP contribution in [-0.4, -0.2) is 24.6 Å². The number of aromatic nitrogens is 2. The topological polar surface area (TPSA) is 59.9 Å². The fourth-order valence-corrected chi connectivity index (χ4v) is 2.32. The Hall–Kier alpha value is -1.96. The Morgan fingerprint density at radius 2 is 1.68 bits per heavy atom. The van der Waals surface area contributed by atoms with Gasteiger partial charge in [-0.25, -0.2) is 18.4 Å². The molecule has 1 heterocycles. The smallest absolute Gasteiger partial charge is 0.221 e. The van der Waals surface area contributed by atoms with Gasteiger partial charge in [0.25, 0.3) is 0 Å². The molecule has 1 aromatic heterocycles. The fraction of sp³-hybridized carbons (Fsp3) is 0.286. The highest BCUT2D eigenvalue weighted by molar-refractivity contribution is 7.90. The number of aryl methyl sites for hydroxylation is 1. The van der Waals surface area contributed by atoms with Gasteiger partial charge in [0.05, 0.1) is 5.69 Å². The average molecular weight is 330 g/mol. The maximum absolute atomic E-state index is 12.9. The van der Waals surface area contributed by atoms with Crippen LogP contribution in [-0.2, 0) is 22.4 Å². The van der Waals surface area contributed by atoms with Crippen LogP contribution < -0.4 is 0 Å². The average Bonchev–Trinajstić information content (AvgIpc) is 2.45. The van der Waals surface area contributed by atoms with E-state index in [-0.39, 0.29) is 5.69 Å². The van der Waals surface area contributed by atoms with Crippen molar-refractivity contribution < 1.29 is 21.6 Å². The van der Waals surface area contributed by atoms with Crippen molar-refractivity contribution in [2.45, 2.75) is 24.7 Å². The van der Waals surface area contributed by atoms with Crippen LogP contribution in [0.4, 0.5) is 13.2 Å². The second-order valence-electron chi connectivity index (χ2n) is 4.74. The molecule has 2 aromatic rings. The van der Waals surface area contributed by atoms with E-state index in [0.29, 0.717) is 5.56 Å². The number of rotatable bonds is 3. The molecule has 0 bridgehead atoms. The predicted molar refractivity (Wildman–Crippen MR) is 75.0 cm³/mol. The molecule has 0 radical (unpaired) electrons. The molecule has 22 heavy (non-hydrogen) atoms. The van der Waals surface area contributed by atoms with Crippen LogP contribution in [0, 0.1) is 0 Å². The Morgan fingerprint density at radius 1 is 1.09 bits per heavy atom. The number of benzene rings is 1. The minimum Gasteiger partial charge on any atom is -0.221 e. The minimum atomic E-state index is -4.75. The van der Waals surface area contributed by atoms with Crippen molar-refractivity contribution in [1.29, 1.82) is 0 Å². The normalized spacial score (nSPS) is 12.4. The van der Waals surface area contributed by atoms with E-state index >= 15 is 0 Å². The monoisotopic (exact) mass is 330 g/mol. The highest BCUT2D eigenvalue weighted by Crippen LogP contribution is 2.31. The molecule has 118 valence electrons. The third kappa shape index (κ3) is 3.62. The number of hydrogen-bond donors (Lipinski definition) is 0. The lowest BCUT2D eigenvalue weighted by molar-refractivity contribution is -0.141. The molecule has 0 N–H and O–H groups in total. The Balaban J connectivity index is 2.64. The Labute approximate surface area is 126 Å². The summed E-state index contributed by atoms with van der Waals surface area (Å²) in [7, 11) is -3.95. The number of sulfone groups is 1. The Bertz CT molecular complexity index is 785. The van der Waals surface area contributed by atoms with Crippen LogP contribution in [0.15, 0.2) is 35.5 Å². The molecule has 0 unspecified atom stereocenters. The van der Waals surface area contributed by atoms with E-state index in [1.165, 1.54) is 0 Å². The van der Waals surface area contributed by atoms with E-state index in [0.717, 1.165) is 24.3 Å². The molecular weight excluding hydrogens is 317 g/mol. The van der Waals surface area contributed by atoms with Crippen molar-refractivity contribution in [3.05, 3.63) is 41.6 Å². The van der Waals surface area contributed by atoms with Gasteiger partial charge in [-0.3, -0.25) is 0 Å². The molecule has 0 amide bonds. The van der Waals surface area contributed by atoms with Crippen LogP contribution in [0.1, 0.15) is 18.2 Å². The zero-order chi connectivity index (χ0) is 16.5. The Morgan fingerprint density at radius 3 is 2.14 bits per heavy atom. The zero-order valence-corrected chi connectivity index (χ0v) is 12.7. The molecule has 4 nitrogen and oxygen atoms in total. The second kappa shape index (κ2) is 5.68. The first-order valence-corrected chi connectivity index (χ1v) is 8.26. The van der Waals surface area contributed by atoms with Crippen molar-refractivity contribution in [3.8, 4) is 11.3 Å². The number of halogens is 3. The number of hydrogen-bond acceptors (Lipinski definition) is 4. The molecule has 1 aromatic carbocycles. The van der Waals surface area contributed by atoms with Crippen LogP contribution in [0.3, 0.4) is 0 Å². The van der Waals surface area contributed by atoms with Gasteiger partial charge in [-0.2, -0.15) is 13.2 Å². The zero-order valence-electron chi connectivity index (χ0n) is 11.8. The van der Waals surface area contributed by atoms with Gasteiger partial charge in [0, 0.05) is 11.8 Å². The number of nitrogens with zero attached hydrogens (tertiary/aromatic N) is 2. The molecule has 0 spiro atoms. The van der Waals surface area contributed by atoms with E-state index in [9.17, 15) is 21.6 Å². The fourth-order valence-electron chi connectivity index (χ4n) is 1.80.